The highest BCUT2D eigenvalue weighted by Crippen LogP contribution is 2.47. The van der Waals surface area contributed by atoms with Crippen molar-refractivity contribution >= 4 is 11.6 Å². The van der Waals surface area contributed by atoms with Gasteiger partial charge in [0.1, 0.15) is 0 Å². The largest absolute Gasteiger partial charge is 0.271 e. The van der Waals surface area contributed by atoms with Crippen molar-refractivity contribution in [2.75, 3.05) is 0 Å². The summed E-state index contributed by atoms with van der Waals surface area (Å²) in [6, 6.07) is 2.60. The van der Waals surface area contributed by atoms with Crippen molar-refractivity contribution < 1.29 is 0 Å². The summed E-state index contributed by atoms with van der Waals surface area (Å²) in [4.78, 5) is 0. The van der Waals surface area contributed by atoms with Crippen molar-refractivity contribution in [2.45, 2.75) is 59.8 Å². The molecule has 0 aromatic carbocycles. The van der Waals surface area contributed by atoms with Crippen LogP contribution in [0.2, 0.25) is 5.02 Å². The molecule has 2 rings (SSSR count). The number of hydrogen-bond donors (Lipinski definition) is 0. The van der Waals surface area contributed by atoms with E-state index < -0.39 is 0 Å². The third-order valence-corrected chi connectivity index (χ3v) is 5.66. The molecule has 0 saturated heterocycles. The molecule has 1 saturated carbocycles. The van der Waals surface area contributed by atoms with E-state index in [1.54, 1.807) is 0 Å². The van der Waals surface area contributed by atoms with Gasteiger partial charge in [-0.1, -0.05) is 32.4 Å². The standard InChI is InChI=1S/C17H26ClN3/c1-12-15(18)14(21(5)20-12)10-17(11-19)8-6-13(7-9-17)16(2,3)4/h13H,6-10H2,1-5H3. The van der Waals surface area contributed by atoms with Gasteiger partial charge in [-0.15, -0.1) is 0 Å². The molecule has 1 aliphatic carbocycles. The van der Waals surface area contributed by atoms with Gasteiger partial charge in [-0.05, 0) is 43.9 Å². The summed E-state index contributed by atoms with van der Waals surface area (Å²) in [6.07, 6.45) is 4.91. The molecule has 0 aliphatic heterocycles. The Kier molecular flexibility index (Phi) is 4.40. The highest BCUT2D eigenvalue weighted by Gasteiger charge is 2.40. The van der Waals surface area contributed by atoms with Crippen LogP contribution >= 0.6 is 11.6 Å². The molecule has 0 atom stereocenters. The lowest BCUT2D eigenvalue weighted by atomic mass is 9.63. The smallest absolute Gasteiger partial charge is 0.0847 e. The molecule has 1 aromatic rings. The summed E-state index contributed by atoms with van der Waals surface area (Å²) < 4.78 is 1.84. The molecular formula is C17H26ClN3. The van der Waals surface area contributed by atoms with Gasteiger partial charge in [0, 0.05) is 13.5 Å². The van der Waals surface area contributed by atoms with Crippen LogP contribution in [0.5, 0.6) is 0 Å². The predicted molar refractivity (Wildman–Crippen MR) is 86.1 cm³/mol. The van der Waals surface area contributed by atoms with Crippen LogP contribution in [0.1, 0.15) is 57.8 Å². The summed E-state index contributed by atoms with van der Waals surface area (Å²) in [5.41, 5.74) is 1.92. The van der Waals surface area contributed by atoms with Crippen molar-refractivity contribution in [1.29, 1.82) is 5.26 Å². The Morgan fingerprint density at radius 1 is 1.38 bits per heavy atom. The number of hydrogen-bond acceptors (Lipinski definition) is 2. The third kappa shape index (κ3) is 3.26. The fourth-order valence-electron chi connectivity index (χ4n) is 3.56. The second-order valence-electron chi connectivity index (χ2n) is 7.68. The van der Waals surface area contributed by atoms with Crippen LogP contribution in [0.25, 0.3) is 0 Å². The van der Waals surface area contributed by atoms with Gasteiger partial charge in [-0.25, -0.2) is 0 Å². The van der Waals surface area contributed by atoms with Crippen molar-refractivity contribution in [1.82, 2.24) is 9.78 Å². The maximum atomic E-state index is 9.76. The second kappa shape index (κ2) is 5.65. The first kappa shape index (κ1) is 16.4. The lowest BCUT2D eigenvalue weighted by Crippen LogP contribution is -2.33. The van der Waals surface area contributed by atoms with E-state index in [4.69, 9.17) is 11.6 Å². The van der Waals surface area contributed by atoms with Gasteiger partial charge in [-0.3, -0.25) is 4.68 Å². The van der Waals surface area contributed by atoms with Gasteiger partial charge >= 0.3 is 0 Å². The Hall–Kier alpha value is -1.01. The molecule has 0 spiro atoms. The van der Waals surface area contributed by atoms with Gasteiger partial charge in [0.15, 0.2) is 0 Å². The molecule has 21 heavy (non-hydrogen) atoms. The minimum Gasteiger partial charge on any atom is -0.271 e. The minimum absolute atomic E-state index is 0.272. The summed E-state index contributed by atoms with van der Waals surface area (Å²) in [5.74, 6) is 0.711. The number of aryl methyl sites for hydroxylation is 2. The van der Waals surface area contributed by atoms with Crippen LogP contribution in [-0.4, -0.2) is 9.78 Å². The molecule has 0 N–H and O–H groups in total. The first-order chi connectivity index (χ1) is 9.68. The molecule has 4 heteroatoms. The van der Waals surface area contributed by atoms with E-state index in [0.29, 0.717) is 11.3 Å². The van der Waals surface area contributed by atoms with Gasteiger partial charge < -0.3 is 0 Å². The lowest BCUT2D eigenvalue weighted by molar-refractivity contribution is 0.119. The summed E-state index contributed by atoms with van der Waals surface area (Å²) >= 11 is 6.36. The molecule has 0 amide bonds. The fourth-order valence-corrected chi connectivity index (χ4v) is 3.78. The van der Waals surface area contributed by atoms with E-state index in [1.165, 1.54) is 0 Å². The van der Waals surface area contributed by atoms with Crippen molar-refractivity contribution in [3.63, 3.8) is 0 Å². The molecule has 0 bridgehead atoms. The average Bonchev–Trinajstić information content (AvgIpc) is 2.65. The van der Waals surface area contributed by atoms with Gasteiger partial charge in [-0.2, -0.15) is 10.4 Å². The second-order valence-corrected chi connectivity index (χ2v) is 8.06. The van der Waals surface area contributed by atoms with E-state index in [1.807, 2.05) is 18.7 Å². The van der Waals surface area contributed by atoms with Crippen LogP contribution in [0.4, 0.5) is 0 Å². The molecular weight excluding hydrogens is 282 g/mol. The van der Waals surface area contributed by atoms with E-state index >= 15 is 0 Å². The van der Waals surface area contributed by atoms with Gasteiger partial charge in [0.2, 0.25) is 0 Å². The molecule has 116 valence electrons. The zero-order chi connectivity index (χ0) is 15.8. The monoisotopic (exact) mass is 307 g/mol. The topological polar surface area (TPSA) is 41.6 Å². The Labute approximate surface area is 133 Å². The van der Waals surface area contributed by atoms with Crippen LogP contribution in [0, 0.1) is 35.0 Å². The van der Waals surface area contributed by atoms with E-state index in [2.05, 4.69) is 31.9 Å². The highest BCUT2D eigenvalue weighted by molar-refractivity contribution is 6.31. The van der Waals surface area contributed by atoms with E-state index in [0.717, 1.165) is 48.5 Å². The Bertz CT molecular complexity index is 552. The van der Waals surface area contributed by atoms with Gasteiger partial charge in [0.25, 0.3) is 0 Å². The van der Waals surface area contributed by atoms with Crippen LogP contribution in [-0.2, 0) is 13.5 Å². The zero-order valence-electron chi connectivity index (χ0n) is 13.8. The Morgan fingerprint density at radius 3 is 2.33 bits per heavy atom. The van der Waals surface area contributed by atoms with Crippen LogP contribution < -0.4 is 0 Å². The van der Waals surface area contributed by atoms with Crippen molar-refractivity contribution in [2.24, 2.45) is 23.8 Å². The number of nitriles is 1. The maximum Gasteiger partial charge on any atom is 0.0847 e. The quantitative estimate of drug-likeness (QED) is 0.796. The summed E-state index contributed by atoms with van der Waals surface area (Å²) in [7, 11) is 1.92. The summed E-state index contributed by atoms with van der Waals surface area (Å²) in [6.45, 7) is 8.83. The summed E-state index contributed by atoms with van der Waals surface area (Å²) in [5, 5.41) is 14.9. The van der Waals surface area contributed by atoms with E-state index in [-0.39, 0.29) is 5.41 Å². The average molecular weight is 308 g/mol. The lowest BCUT2D eigenvalue weighted by Gasteiger charge is -2.40. The van der Waals surface area contributed by atoms with E-state index in [9.17, 15) is 5.26 Å². The number of aromatic nitrogens is 2. The molecule has 1 aliphatic rings. The number of rotatable bonds is 2. The molecule has 1 aromatic heterocycles. The predicted octanol–water partition coefficient (Wildman–Crippen LogP) is 4.67. The maximum absolute atomic E-state index is 9.76. The minimum atomic E-state index is -0.272. The molecule has 1 heterocycles. The first-order valence-electron chi connectivity index (χ1n) is 7.78. The molecule has 0 unspecified atom stereocenters. The molecule has 0 radical (unpaired) electrons. The normalized spacial score (nSPS) is 26.6. The Balaban J connectivity index is 2.17. The Morgan fingerprint density at radius 2 is 1.95 bits per heavy atom. The van der Waals surface area contributed by atoms with Crippen LogP contribution in [0.15, 0.2) is 0 Å². The SMILES string of the molecule is Cc1nn(C)c(CC2(C#N)CCC(C(C)(C)C)CC2)c1Cl. The first-order valence-corrected chi connectivity index (χ1v) is 8.15. The van der Waals surface area contributed by atoms with Crippen molar-refractivity contribution in [3.05, 3.63) is 16.4 Å². The number of nitrogens with zero attached hydrogens (tertiary/aromatic N) is 3. The highest BCUT2D eigenvalue weighted by atomic mass is 35.5. The third-order valence-electron chi connectivity index (χ3n) is 5.17. The van der Waals surface area contributed by atoms with Crippen molar-refractivity contribution in [3.8, 4) is 6.07 Å². The zero-order valence-corrected chi connectivity index (χ0v) is 14.6. The number of halogens is 1. The van der Waals surface area contributed by atoms with Gasteiger partial charge in [0.05, 0.1) is 27.9 Å². The molecule has 3 nitrogen and oxygen atoms in total. The van der Waals surface area contributed by atoms with Crippen LogP contribution in [0.3, 0.4) is 0 Å². The molecule has 1 fully saturated rings. The fraction of sp³-hybridized carbons (Fsp3) is 0.765.